The van der Waals surface area contributed by atoms with Gasteiger partial charge in [0.25, 0.3) is 11.8 Å². The van der Waals surface area contributed by atoms with E-state index in [1.54, 1.807) is 6.20 Å². The molecule has 1 fully saturated rings. The molecule has 4 heterocycles. The predicted molar refractivity (Wildman–Crippen MR) is 136 cm³/mol. The minimum Gasteiger partial charge on any atom is -0.477 e. The minimum atomic E-state index is -5.08. The molecule has 21 heteroatoms. The Hall–Kier alpha value is -4.66. The second-order valence-electron chi connectivity index (χ2n) is 8.02. The standard InChI is InChI=1S/C19H19N7O7S2.C2HF3O2/c1-8(27)32-4-9-6-34-17-13(16(29)26(17)14(9)18(30)31)24-15(28)12(10-7-35-19(20)23-10)25-33-5-11-21-2-3-22-11;3-2(4,5)1(6)7/h2-3,7,13,17H,4-6H2,1H3,(H2,20,23)(H,21,22)(H,24,28)(H,30,31);(H,6,7)/b25-12-;/t13-,17-;/m1./s1. The number of β-lactam (4-membered cyclic amide) rings is 1. The Morgan fingerprint density at radius 1 is 1.29 bits per heavy atom. The molecule has 2 atom stereocenters. The zero-order chi connectivity index (χ0) is 31.2. The maximum atomic E-state index is 13.0. The van der Waals surface area contributed by atoms with E-state index in [9.17, 15) is 37.5 Å². The first-order valence-corrected chi connectivity index (χ1v) is 13.2. The van der Waals surface area contributed by atoms with Gasteiger partial charge in [0.15, 0.2) is 17.5 Å². The lowest BCUT2D eigenvalue weighted by molar-refractivity contribution is -0.192. The average Bonchev–Trinajstić information content (AvgIpc) is 3.59. The summed E-state index contributed by atoms with van der Waals surface area (Å²) in [6, 6.07) is -1.01. The summed E-state index contributed by atoms with van der Waals surface area (Å²) < 4.78 is 36.6. The number of nitrogen functional groups attached to an aromatic ring is 1. The van der Waals surface area contributed by atoms with Crippen LogP contribution < -0.4 is 11.1 Å². The molecule has 2 aliphatic heterocycles. The summed E-state index contributed by atoms with van der Waals surface area (Å²) in [7, 11) is 0. The van der Waals surface area contributed by atoms with Gasteiger partial charge in [-0.3, -0.25) is 19.3 Å². The molecule has 2 aromatic heterocycles. The molecule has 2 aromatic rings. The van der Waals surface area contributed by atoms with Crippen LogP contribution in [0.4, 0.5) is 18.3 Å². The molecule has 0 unspecified atom stereocenters. The summed E-state index contributed by atoms with van der Waals surface area (Å²) in [5, 5.41) is 24.3. The van der Waals surface area contributed by atoms with Crippen LogP contribution in [0, 0.1) is 0 Å². The SMILES string of the molecule is CC(=O)OCC1=C(C(=O)O)N2C(=O)[C@@H](NC(=O)/C(=N\OCc3ncc[nH]3)c3csc(N)n3)[C@H]2SC1.O=C(O)C(F)(F)F. The smallest absolute Gasteiger partial charge is 0.477 e. The molecular formula is C21H20F3N7O9S2. The lowest BCUT2D eigenvalue weighted by Gasteiger charge is -2.49. The number of rotatable bonds is 9. The molecule has 6 N–H and O–H groups in total. The van der Waals surface area contributed by atoms with Gasteiger partial charge in [0.1, 0.15) is 35.2 Å². The molecule has 4 rings (SSSR count). The van der Waals surface area contributed by atoms with E-state index in [2.05, 4.69) is 25.4 Å². The number of nitrogens with two attached hydrogens (primary N) is 1. The van der Waals surface area contributed by atoms with Gasteiger partial charge in [0.2, 0.25) is 0 Å². The number of hydrogen-bond acceptors (Lipinski definition) is 13. The Morgan fingerprint density at radius 2 is 1.98 bits per heavy atom. The minimum absolute atomic E-state index is 0.0457. The van der Waals surface area contributed by atoms with Gasteiger partial charge in [-0.15, -0.1) is 23.1 Å². The first-order valence-electron chi connectivity index (χ1n) is 11.2. The fourth-order valence-corrected chi connectivity index (χ4v) is 5.20. The number of nitrogens with one attached hydrogen (secondary N) is 2. The van der Waals surface area contributed by atoms with Crippen LogP contribution in [0.3, 0.4) is 0 Å². The molecule has 0 bridgehead atoms. The van der Waals surface area contributed by atoms with Crippen molar-refractivity contribution in [3.05, 3.63) is 40.6 Å². The first-order chi connectivity index (χ1) is 19.7. The second-order valence-corrected chi connectivity index (χ2v) is 10.0. The Morgan fingerprint density at radius 3 is 2.50 bits per heavy atom. The number of thiazole rings is 1. The van der Waals surface area contributed by atoms with Crippen molar-refractivity contribution in [2.45, 2.75) is 31.1 Å². The number of halogens is 3. The van der Waals surface area contributed by atoms with E-state index in [1.165, 1.54) is 30.3 Å². The second kappa shape index (κ2) is 13.3. The molecular weight excluding hydrogens is 615 g/mol. The summed E-state index contributed by atoms with van der Waals surface area (Å²) in [4.78, 5) is 74.9. The third-order valence-electron chi connectivity index (χ3n) is 5.12. The van der Waals surface area contributed by atoms with Crippen LogP contribution in [0.5, 0.6) is 0 Å². The van der Waals surface area contributed by atoms with Gasteiger partial charge in [0, 0.05) is 36.0 Å². The van der Waals surface area contributed by atoms with E-state index in [1.807, 2.05) is 0 Å². The summed E-state index contributed by atoms with van der Waals surface area (Å²) in [5.74, 6) is -5.35. The van der Waals surface area contributed by atoms with E-state index in [0.29, 0.717) is 11.4 Å². The third kappa shape index (κ3) is 7.75. The summed E-state index contributed by atoms with van der Waals surface area (Å²) >= 11 is 2.33. The van der Waals surface area contributed by atoms with E-state index < -0.39 is 47.3 Å². The Labute approximate surface area is 240 Å². The average molecular weight is 636 g/mol. The fraction of sp³-hybridized carbons (Fsp3) is 0.333. The molecule has 2 amide bonds. The molecule has 0 aromatic carbocycles. The van der Waals surface area contributed by atoms with Gasteiger partial charge in [-0.25, -0.2) is 19.6 Å². The van der Waals surface area contributed by atoms with E-state index in [4.69, 9.17) is 25.2 Å². The molecule has 1 saturated heterocycles. The number of nitrogens with zero attached hydrogens (tertiary/aromatic N) is 4. The van der Waals surface area contributed by atoms with Gasteiger partial charge in [-0.1, -0.05) is 5.16 Å². The van der Waals surface area contributed by atoms with Gasteiger partial charge < -0.3 is 35.8 Å². The maximum Gasteiger partial charge on any atom is 0.490 e. The van der Waals surface area contributed by atoms with Crippen LogP contribution in [-0.4, -0.2) is 95.5 Å². The normalized spacial score (nSPS) is 18.2. The van der Waals surface area contributed by atoms with Crippen LogP contribution in [0.2, 0.25) is 0 Å². The summed E-state index contributed by atoms with van der Waals surface area (Å²) in [6.07, 6.45) is -1.95. The number of fused-ring (bicyclic) bond motifs is 1. The number of thioether (sulfide) groups is 1. The van der Waals surface area contributed by atoms with Gasteiger partial charge in [0.05, 0.1) is 0 Å². The number of carbonyl (C=O) groups excluding carboxylic acids is 3. The molecule has 0 saturated carbocycles. The lowest BCUT2D eigenvalue weighted by atomic mass is 10.0. The van der Waals surface area contributed by atoms with Crippen molar-refractivity contribution in [1.82, 2.24) is 25.2 Å². The van der Waals surface area contributed by atoms with Crippen molar-refractivity contribution in [3.8, 4) is 0 Å². The van der Waals surface area contributed by atoms with Gasteiger partial charge >= 0.3 is 24.1 Å². The highest BCUT2D eigenvalue weighted by Gasteiger charge is 2.54. The number of amides is 2. The predicted octanol–water partition coefficient (Wildman–Crippen LogP) is 0.304. The van der Waals surface area contributed by atoms with Crippen LogP contribution in [0.25, 0.3) is 0 Å². The highest BCUT2D eigenvalue weighted by molar-refractivity contribution is 8.00. The van der Waals surface area contributed by atoms with Crippen LogP contribution >= 0.6 is 23.1 Å². The highest BCUT2D eigenvalue weighted by atomic mass is 32.2. The number of aromatic amines is 1. The summed E-state index contributed by atoms with van der Waals surface area (Å²) in [6.45, 7) is 0.913. The molecule has 42 heavy (non-hydrogen) atoms. The van der Waals surface area contributed by atoms with E-state index >= 15 is 0 Å². The monoisotopic (exact) mass is 635 g/mol. The van der Waals surface area contributed by atoms with Crippen molar-refractivity contribution in [2.24, 2.45) is 5.16 Å². The maximum absolute atomic E-state index is 13.0. The quantitative estimate of drug-likeness (QED) is 0.108. The van der Waals surface area contributed by atoms with Gasteiger partial charge in [-0.05, 0) is 0 Å². The fourth-order valence-electron chi connectivity index (χ4n) is 3.33. The van der Waals surface area contributed by atoms with E-state index in [0.717, 1.165) is 16.2 Å². The zero-order valence-corrected chi connectivity index (χ0v) is 22.7. The van der Waals surface area contributed by atoms with Crippen molar-refractivity contribution in [2.75, 3.05) is 18.1 Å². The van der Waals surface area contributed by atoms with Gasteiger partial charge in [-0.2, -0.15) is 13.2 Å². The zero-order valence-electron chi connectivity index (χ0n) is 21.1. The number of aliphatic carboxylic acids is 2. The molecule has 16 nitrogen and oxygen atoms in total. The number of H-pyrrole nitrogens is 1. The third-order valence-corrected chi connectivity index (χ3v) is 7.13. The molecule has 0 spiro atoms. The van der Waals surface area contributed by atoms with E-state index in [-0.39, 0.29) is 41.2 Å². The first kappa shape index (κ1) is 31.9. The number of carboxylic acid groups (broad SMARTS) is 2. The highest BCUT2D eigenvalue weighted by Crippen LogP contribution is 2.40. The lowest BCUT2D eigenvalue weighted by Crippen LogP contribution is -2.71. The van der Waals surface area contributed by atoms with Crippen LogP contribution in [-0.2, 0) is 40.2 Å². The number of alkyl halides is 3. The number of ether oxygens (including phenoxy) is 1. The number of hydrogen-bond donors (Lipinski definition) is 5. The largest absolute Gasteiger partial charge is 0.490 e. The molecule has 0 radical (unpaired) electrons. The summed E-state index contributed by atoms with van der Waals surface area (Å²) in [5.41, 5.74) is 5.66. The number of esters is 1. The Balaban J connectivity index is 0.000000616. The Kier molecular flexibility index (Phi) is 10.1. The Bertz CT molecular complexity index is 1430. The number of anilines is 1. The molecule has 0 aliphatic carbocycles. The number of carbonyl (C=O) groups is 5. The van der Waals surface area contributed by atoms with Crippen LogP contribution in [0.1, 0.15) is 18.4 Å². The van der Waals surface area contributed by atoms with Crippen molar-refractivity contribution >= 4 is 63.7 Å². The van der Waals surface area contributed by atoms with Crippen molar-refractivity contribution in [1.29, 1.82) is 0 Å². The van der Waals surface area contributed by atoms with Crippen LogP contribution in [0.15, 0.2) is 34.2 Å². The number of oxime groups is 1. The molecule has 2 aliphatic rings. The number of aromatic nitrogens is 3. The number of carboxylic acids is 2. The van der Waals surface area contributed by atoms with Crippen molar-refractivity contribution < 1.29 is 56.9 Å². The topological polar surface area (TPSA) is 239 Å². The van der Waals surface area contributed by atoms with Crippen molar-refractivity contribution in [3.63, 3.8) is 0 Å². The number of imidazole rings is 1. The molecule has 226 valence electrons.